The van der Waals surface area contributed by atoms with Gasteiger partial charge in [0.25, 0.3) is 0 Å². The highest BCUT2D eigenvalue weighted by Gasteiger charge is 2.29. The van der Waals surface area contributed by atoms with E-state index in [0.717, 1.165) is 11.1 Å². The highest BCUT2D eigenvalue weighted by atomic mass is 16.3. The van der Waals surface area contributed by atoms with Crippen molar-refractivity contribution in [2.45, 2.75) is 66.5 Å². The normalized spacial score (nSPS) is 12.1. The van der Waals surface area contributed by atoms with Crippen molar-refractivity contribution >= 4 is 34.0 Å². The number of benzene rings is 6. The van der Waals surface area contributed by atoms with E-state index in [1.165, 1.54) is 12.4 Å². The maximum Gasteiger partial charge on any atom is 0.167 e. The Morgan fingerprint density at radius 1 is 0.500 bits per heavy atom. The first kappa shape index (κ1) is 35.8. The van der Waals surface area contributed by atoms with Gasteiger partial charge in [0.1, 0.15) is 11.5 Å². The van der Waals surface area contributed by atoms with Crippen molar-refractivity contribution in [1.29, 1.82) is 0 Å². The van der Waals surface area contributed by atoms with Crippen molar-refractivity contribution in [3.05, 3.63) is 117 Å². The van der Waals surface area contributed by atoms with Crippen LogP contribution in [0.2, 0.25) is 0 Å². The Kier molecular flexibility index (Phi) is 9.85. The molecule has 8 heteroatoms. The number of aryl methyl sites for hydroxylation is 2. The lowest BCUT2D eigenvalue weighted by atomic mass is 9.83. The monoisotopic (exact) mass is 696 g/mol. The second kappa shape index (κ2) is 14.3. The smallest absolute Gasteiger partial charge is 0.167 e. The minimum Gasteiger partial charge on any atom is -0.507 e. The molecule has 6 aromatic carbocycles. The number of aromatic hydroxyl groups is 6. The Hall–Kier alpha value is -6.02. The molecule has 0 aliphatic carbocycles. The first-order chi connectivity index (χ1) is 24.8. The van der Waals surface area contributed by atoms with Gasteiger partial charge in [-0.3, -0.25) is 9.98 Å². The molecule has 0 saturated carbocycles. The maximum atomic E-state index is 12.3. The third-order valence-corrected chi connectivity index (χ3v) is 9.66. The highest BCUT2D eigenvalue weighted by Crippen LogP contribution is 2.54. The lowest BCUT2D eigenvalue weighted by Gasteiger charge is -2.23. The molecule has 0 bridgehead atoms. The van der Waals surface area contributed by atoms with Crippen LogP contribution >= 0.6 is 0 Å². The quantitative estimate of drug-likeness (QED) is 0.0655. The van der Waals surface area contributed by atoms with Crippen molar-refractivity contribution in [3.63, 3.8) is 0 Å². The number of hydrogen-bond acceptors (Lipinski definition) is 8. The number of rotatable bonds is 9. The molecule has 0 heterocycles. The lowest BCUT2D eigenvalue weighted by molar-refractivity contribution is 0.398. The second-order valence-electron chi connectivity index (χ2n) is 13.9. The van der Waals surface area contributed by atoms with Crippen LogP contribution in [0.5, 0.6) is 34.5 Å². The van der Waals surface area contributed by atoms with Gasteiger partial charge in [0, 0.05) is 56.6 Å². The first-order valence-electron chi connectivity index (χ1n) is 17.4. The minimum atomic E-state index is -0.406. The molecule has 6 aromatic rings. The second-order valence-corrected chi connectivity index (χ2v) is 13.9. The van der Waals surface area contributed by atoms with Crippen molar-refractivity contribution in [1.82, 2.24) is 0 Å². The van der Waals surface area contributed by atoms with E-state index in [4.69, 9.17) is 0 Å². The molecule has 0 radical (unpaired) electrons. The van der Waals surface area contributed by atoms with Gasteiger partial charge >= 0.3 is 0 Å². The summed E-state index contributed by atoms with van der Waals surface area (Å²) in [4.78, 5) is 9.13. The summed E-state index contributed by atoms with van der Waals surface area (Å²) < 4.78 is 0. The molecule has 0 aromatic heterocycles. The summed E-state index contributed by atoms with van der Waals surface area (Å²) in [5.41, 5.74) is 4.95. The zero-order valence-corrected chi connectivity index (χ0v) is 30.2. The Bertz CT molecular complexity index is 2210. The predicted molar refractivity (Wildman–Crippen MR) is 210 cm³/mol. The fourth-order valence-corrected chi connectivity index (χ4v) is 7.28. The summed E-state index contributed by atoms with van der Waals surface area (Å²) in [6, 6.07) is 22.9. The molecular formula is C44H44N2O6. The number of nitrogens with zero attached hydrogens (tertiary/aromatic N) is 2. The van der Waals surface area contributed by atoms with E-state index in [1.807, 2.05) is 114 Å². The highest BCUT2D eigenvalue weighted by molar-refractivity contribution is 6.15. The summed E-state index contributed by atoms with van der Waals surface area (Å²) in [5, 5.41) is 71.6. The summed E-state index contributed by atoms with van der Waals surface area (Å²) in [5.74, 6) is -2.23. The standard InChI is InChI=1S/C44H44N2O6/c1-23(2)33-29-17-25(5)35(41(49)37(29)31(39(47)43(33)51)21-45-19-27-13-9-7-10-14-27)36-26(6)18-30-34(24(3)4)44(52)40(48)32(38(30)42(36)50)22-46-20-28-15-11-8-12-16-28/h7-18,21-24,47-52H,19-20H2,1-6H3. The van der Waals surface area contributed by atoms with E-state index >= 15 is 0 Å². The molecular weight excluding hydrogens is 652 g/mol. The number of aliphatic imine (C=N–C) groups is 2. The van der Waals surface area contributed by atoms with Crippen LogP contribution in [0.25, 0.3) is 32.7 Å². The van der Waals surface area contributed by atoms with E-state index in [9.17, 15) is 30.6 Å². The molecule has 0 spiro atoms. The van der Waals surface area contributed by atoms with Gasteiger partial charge in [-0.05, 0) is 58.7 Å². The summed E-state index contributed by atoms with van der Waals surface area (Å²) in [6.07, 6.45) is 2.91. The van der Waals surface area contributed by atoms with Gasteiger partial charge in [0.15, 0.2) is 23.0 Å². The number of hydrogen-bond donors (Lipinski definition) is 6. The summed E-state index contributed by atoms with van der Waals surface area (Å²) in [7, 11) is 0. The van der Waals surface area contributed by atoms with E-state index in [0.29, 0.717) is 57.2 Å². The molecule has 0 amide bonds. The fourth-order valence-electron chi connectivity index (χ4n) is 7.28. The molecule has 6 rings (SSSR count). The van der Waals surface area contributed by atoms with Gasteiger partial charge < -0.3 is 30.6 Å². The molecule has 0 unspecified atom stereocenters. The van der Waals surface area contributed by atoms with Crippen LogP contribution in [0, 0.1) is 13.8 Å². The number of fused-ring (bicyclic) bond motifs is 2. The van der Waals surface area contributed by atoms with Crippen LogP contribution in [0.3, 0.4) is 0 Å². The lowest BCUT2D eigenvalue weighted by Crippen LogP contribution is -2.01. The third-order valence-electron chi connectivity index (χ3n) is 9.66. The molecule has 266 valence electrons. The van der Waals surface area contributed by atoms with Crippen LogP contribution in [-0.4, -0.2) is 43.1 Å². The van der Waals surface area contributed by atoms with E-state index in [2.05, 4.69) is 9.98 Å². The van der Waals surface area contributed by atoms with Crippen LogP contribution in [-0.2, 0) is 13.1 Å². The van der Waals surface area contributed by atoms with Gasteiger partial charge in [-0.2, -0.15) is 0 Å². The van der Waals surface area contributed by atoms with Crippen LogP contribution in [0.15, 0.2) is 82.8 Å². The van der Waals surface area contributed by atoms with E-state index in [-0.39, 0.29) is 56.7 Å². The van der Waals surface area contributed by atoms with Gasteiger partial charge in [-0.1, -0.05) is 100 Å². The topological polar surface area (TPSA) is 146 Å². The van der Waals surface area contributed by atoms with Gasteiger partial charge in [-0.15, -0.1) is 0 Å². The van der Waals surface area contributed by atoms with Crippen molar-refractivity contribution < 1.29 is 30.6 Å². The van der Waals surface area contributed by atoms with E-state index in [1.54, 1.807) is 0 Å². The fraction of sp³-hybridized carbons (Fsp3) is 0.227. The molecule has 0 atom stereocenters. The molecule has 8 nitrogen and oxygen atoms in total. The Morgan fingerprint density at radius 3 is 1.17 bits per heavy atom. The summed E-state index contributed by atoms with van der Waals surface area (Å²) >= 11 is 0. The zero-order valence-electron chi connectivity index (χ0n) is 30.2. The predicted octanol–water partition coefficient (Wildman–Crippen LogP) is 10.00. The zero-order chi connectivity index (χ0) is 37.4. The van der Waals surface area contributed by atoms with Crippen molar-refractivity contribution in [3.8, 4) is 45.6 Å². The Balaban J connectivity index is 1.66. The average Bonchev–Trinajstić information content (AvgIpc) is 3.10. The molecule has 0 fully saturated rings. The number of phenols is 6. The van der Waals surface area contributed by atoms with Crippen molar-refractivity contribution in [2.75, 3.05) is 0 Å². The molecule has 6 N–H and O–H groups in total. The van der Waals surface area contributed by atoms with Crippen LogP contribution in [0.1, 0.15) is 84.0 Å². The Labute approximate surface area is 303 Å². The van der Waals surface area contributed by atoms with Crippen LogP contribution < -0.4 is 0 Å². The molecule has 0 saturated heterocycles. The van der Waals surface area contributed by atoms with Gasteiger partial charge in [0.05, 0.1) is 13.1 Å². The maximum absolute atomic E-state index is 12.3. The van der Waals surface area contributed by atoms with Crippen LogP contribution in [0.4, 0.5) is 0 Å². The average molecular weight is 697 g/mol. The van der Waals surface area contributed by atoms with Crippen molar-refractivity contribution in [2.24, 2.45) is 9.98 Å². The van der Waals surface area contributed by atoms with E-state index < -0.39 is 11.5 Å². The Morgan fingerprint density at radius 2 is 0.846 bits per heavy atom. The third kappa shape index (κ3) is 6.25. The largest absolute Gasteiger partial charge is 0.507 e. The van der Waals surface area contributed by atoms with Gasteiger partial charge in [0.2, 0.25) is 0 Å². The first-order valence-corrected chi connectivity index (χ1v) is 17.4. The molecule has 0 aliphatic rings. The molecule has 52 heavy (non-hydrogen) atoms. The number of phenolic OH excluding ortho intramolecular Hbond substituents is 6. The molecule has 0 aliphatic heterocycles. The summed E-state index contributed by atoms with van der Waals surface area (Å²) in [6.45, 7) is 11.8. The SMILES string of the molecule is Cc1cc2c(C(C)C)c(O)c(O)c(C=NCc3ccccc3)c2c(O)c1-c1c(C)cc2c(C(C)C)c(O)c(O)c(C=NCc3ccccc3)c2c1O. The van der Waals surface area contributed by atoms with Gasteiger partial charge in [-0.25, -0.2) is 0 Å². The minimum absolute atomic E-state index is 0.142.